The Morgan fingerprint density at radius 1 is 0.800 bits per heavy atom. The van der Waals surface area contributed by atoms with Crippen molar-refractivity contribution in [3.05, 3.63) is 89.0 Å². The van der Waals surface area contributed by atoms with Crippen molar-refractivity contribution in [2.24, 2.45) is 0 Å². The van der Waals surface area contributed by atoms with Crippen molar-refractivity contribution in [2.75, 3.05) is 30.4 Å². The minimum Gasteiger partial charge on any atom is -0.382 e. The molecule has 4 rings (SSSR count). The topological polar surface area (TPSA) is 104 Å². The number of hydrogen-bond acceptors (Lipinski definition) is 8. The Kier molecular flexibility index (Phi) is 10.0. The van der Waals surface area contributed by atoms with E-state index in [2.05, 4.69) is 49.1 Å². The second-order valence-corrected chi connectivity index (χ2v) is 11.4. The van der Waals surface area contributed by atoms with E-state index in [0.717, 1.165) is 5.69 Å². The molecular weight excluding hydrogens is 523 g/mol. The van der Waals surface area contributed by atoms with Crippen LogP contribution < -0.4 is 10.6 Å². The molecule has 40 heavy (non-hydrogen) atoms. The predicted octanol–water partition coefficient (Wildman–Crippen LogP) is 6.91. The van der Waals surface area contributed by atoms with Gasteiger partial charge < -0.3 is 19.7 Å². The summed E-state index contributed by atoms with van der Waals surface area (Å²) < 4.78 is 14.3. The van der Waals surface area contributed by atoms with Crippen LogP contribution in [0.5, 0.6) is 0 Å². The lowest BCUT2D eigenvalue weighted by molar-refractivity contribution is 0.0980. The number of benzene rings is 3. The van der Waals surface area contributed by atoms with Crippen LogP contribution in [0.1, 0.15) is 66.0 Å². The Labute approximate surface area is 237 Å². The summed E-state index contributed by atoms with van der Waals surface area (Å²) in [4.78, 5) is 27.4. The van der Waals surface area contributed by atoms with Gasteiger partial charge in [0.15, 0.2) is 11.6 Å². The first-order valence-corrected chi connectivity index (χ1v) is 14.6. The van der Waals surface area contributed by atoms with Crippen LogP contribution in [-0.2, 0) is 9.05 Å². The Balaban J connectivity index is 1.57. The molecular formula is C31H35N4O4P. The summed E-state index contributed by atoms with van der Waals surface area (Å²) in [7, 11) is -1.38. The van der Waals surface area contributed by atoms with Crippen molar-refractivity contribution in [1.82, 2.24) is 4.67 Å². The molecule has 1 unspecified atom stereocenters. The molecule has 1 atom stereocenters. The highest BCUT2D eigenvalue weighted by atomic mass is 31.2. The second-order valence-electron chi connectivity index (χ2n) is 9.91. The molecule has 0 aliphatic heterocycles. The number of fused-ring (bicyclic) bond motifs is 2. The van der Waals surface area contributed by atoms with E-state index in [-0.39, 0.29) is 30.1 Å². The number of rotatable bonds is 13. The van der Waals surface area contributed by atoms with Crippen LogP contribution in [0.4, 0.5) is 17.1 Å². The average molecular weight is 559 g/mol. The third-order valence-corrected chi connectivity index (χ3v) is 8.52. The molecule has 0 radical (unpaired) electrons. The molecule has 1 aliphatic rings. The molecule has 1 aliphatic carbocycles. The lowest BCUT2D eigenvalue weighted by Crippen LogP contribution is -2.34. The number of carbonyl (C=O) groups excluding carboxylic acids is 2. The zero-order valence-electron chi connectivity index (χ0n) is 23.3. The van der Waals surface area contributed by atoms with E-state index in [1.165, 1.54) is 0 Å². The molecule has 3 aromatic carbocycles. The Bertz CT molecular complexity index is 1380. The third kappa shape index (κ3) is 6.57. The maximum Gasteiger partial charge on any atom is 0.259 e. The van der Waals surface area contributed by atoms with E-state index < -0.39 is 8.53 Å². The molecule has 0 amide bonds. The van der Waals surface area contributed by atoms with Gasteiger partial charge in [0.05, 0.1) is 42.5 Å². The van der Waals surface area contributed by atoms with Crippen LogP contribution in [-0.4, -0.2) is 48.1 Å². The summed E-state index contributed by atoms with van der Waals surface area (Å²) >= 11 is 0. The van der Waals surface area contributed by atoms with E-state index in [0.29, 0.717) is 53.4 Å². The molecule has 3 aromatic rings. The van der Waals surface area contributed by atoms with E-state index in [4.69, 9.17) is 14.3 Å². The molecule has 0 saturated carbocycles. The van der Waals surface area contributed by atoms with E-state index in [1.54, 1.807) is 24.3 Å². The normalized spacial score (nSPS) is 13.2. The van der Waals surface area contributed by atoms with Gasteiger partial charge >= 0.3 is 0 Å². The van der Waals surface area contributed by atoms with E-state index in [1.807, 2.05) is 42.5 Å². The molecule has 9 heteroatoms. The summed E-state index contributed by atoms with van der Waals surface area (Å²) in [5.74, 6) is -0.388. The van der Waals surface area contributed by atoms with Gasteiger partial charge in [0, 0.05) is 41.1 Å². The summed E-state index contributed by atoms with van der Waals surface area (Å²) in [6.45, 7) is 9.34. The second kappa shape index (κ2) is 13.6. The van der Waals surface area contributed by atoms with Gasteiger partial charge in [-0.3, -0.25) is 9.59 Å². The predicted molar refractivity (Wildman–Crippen MR) is 159 cm³/mol. The number of nitrogens with zero attached hydrogens (tertiary/aromatic N) is 2. The highest BCUT2D eigenvalue weighted by Gasteiger charge is 2.34. The fourth-order valence-corrected chi connectivity index (χ4v) is 6.36. The fraction of sp³-hybridized carbons (Fsp3) is 0.323. The van der Waals surface area contributed by atoms with Gasteiger partial charge in [0.1, 0.15) is 0 Å². The standard InChI is InChI=1S/C31H35N4O4P/c1-21(2)35(22(3)4)40(38-19-10-17-32)39-20-18-33-26-15-16-27(34-23-11-6-5-7-12-23)29-28(26)30(36)24-13-8-9-14-25(24)31(29)37/h5-9,11-16,21-22,33-34H,10,18-20H2,1-4H3. The van der Waals surface area contributed by atoms with E-state index in [9.17, 15) is 9.59 Å². The zero-order valence-corrected chi connectivity index (χ0v) is 24.2. The third-order valence-electron chi connectivity index (χ3n) is 6.41. The van der Waals surface area contributed by atoms with Crippen molar-refractivity contribution < 1.29 is 18.6 Å². The fourth-order valence-electron chi connectivity index (χ4n) is 4.77. The number of nitrogens with one attached hydrogen (secondary N) is 2. The Morgan fingerprint density at radius 3 is 1.95 bits per heavy atom. The van der Waals surface area contributed by atoms with Gasteiger partial charge in [-0.25, -0.2) is 4.67 Å². The van der Waals surface area contributed by atoms with Gasteiger partial charge in [-0.15, -0.1) is 0 Å². The molecule has 8 nitrogen and oxygen atoms in total. The van der Waals surface area contributed by atoms with Crippen LogP contribution in [0.15, 0.2) is 66.7 Å². The van der Waals surface area contributed by atoms with Crippen LogP contribution in [0.3, 0.4) is 0 Å². The molecule has 0 saturated heterocycles. The van der Waals surface area contributed by atoms with Crippen molar-refractivity contribution in [3.8, 4) is 6.07 Å². The Hall–Kier alpha value is -3.60. The first kappa shape index (κ1) is 29.4. The molecule has 0 spiro atoms. The van der Waals surface area contributed by atoms with Crippen LogP contribution in [0.25, 0.3) is 0 Å². The van der Waals surface area contributed by atoms with Gasteiger partial charge in [0.2, 0.25) is 0 Å². The smallest absolute Gasteiger partial charge is 0.259 e. The summed E-state index contributed by atoms with van der Waals surface area (Å²) in [5.41, 5.74) is 3.48. The maximum atomic E-state index is 13.7. The number of para-hydroxylation sites is 1. The number of anilines is 3. The minimum atomic E-state index is -1.38. The van der Waals surface area contributed by atoms with Crippen molar-refractivity contribution >= 4 is 37.2 Å². The molecule has 0 heterocycles. The number of nitriles is 1. The highest BCUT2D eigenvalue weighted by Crippen LogP contribution is 2.46. The highest BCUT2D eigenvalue weighted by molar-refractivity contribution is 7.44. The number of hydrogen-bond donors (Lipinski definition) is 2. The monoisotopic (exact) mass is 558 g/mol. The van der Waals surface area contributed by atoms with Gasteiger partial charge in [-0.05, 0) is 52.0 Å². The summed E-state index contributed by atoms with van der Waals surface area (Å²) in [6, 6.07) is 22.6. The van der Waals surface area contributed by atoms with Gasteiger partial charge in [-0.1, -0.05) is 42.5 Å². The zero-order chi connectivity index (χ0) is 28.6. The Morgan fingerprint density at radius 2 is 1.35 bits per heavy atom. The lowest BCUT2D eigenvalue weighted by Gasteiger charge is -2.35. The SMILES string of the molecule is CC(C)N(C(C)C)P(OCCC#N)OCCNc1ccc(Nc2ccccc2)c2c1C(=O)c1ccccc1C2=O. The van der Waals surface area contributed by atoms with E-state index >= 15 is 0 Å². The number of ketones is 2. The van der Waals surface area contributed by atoms with Crippen LogP contribution >= 0.6 is 8.53 Å². The summed E-state index contributed by atoms with van der Waals surface area (Å²) in [5, 5.41) is 15.6. The maximum absolute atomic E-state index is 13.7. The molecule has 0 bridgehead atoms. The summed E-state index contributed by atoms with van der Waals surface area (Å²) in [6.07, 6.45) is 0.289. The molecule has 208 valence electrons. The van der Waals surface area contributed by atoms with Crippen LogP contribution in [0.2, 0.25) is 0 Å². The largest absolute Gasteiger partial charge is 0.382 e. The first-order chi connectivity index (χ1) is 19.3. The molecule has 2 N–H and O–H groups in total. The van der Waals surface area contributed by atoms with Crippen molar-refractivity contribution in [2.45, 2.75) is 46.2 Å². The molecule has 0 aromatic heterocycles. The van der Waals surface area contributed by atoms with Crippen LogP contribution in [0, 0.1) is 11.3 Å². The minimum absolute atomic E-state index is 0.192. The van der Waals surface area contributed by atoms with Gasteiger partial charge in [0.25, 0.3) is 8.53 Å². The number of carbonyl (C=O) groups is 2. The first-order valence-electron chi connectivity index (χ1n) is 13.5. The molecule has 0 fully saturated rings. The van der Waals surface area contributed by atoms with Crippen molar-refractivity contribution in [3.63, 3.8) is 0 Å². The van der Waals surface area contributed by atoms with Gasteiger partial charge in [-0.2, -0.15) is 5.26 Å². The lowest BCUT2D eigenvalue weighted by atomic mass is 9.82. The average Bonchev–Trinajstić information content (AvgIpc) is 2.94. The van der Waals surface area contributed by atoms with Crippen molar-refractivity contribution in [1.29, 1.82) is 5.26 Å². The quantitative estimate of drug-likeness (QED) is 0.135.